The lowest BCUT2D eigenvalue weighted by molar-refractivity contribution is -0.0401. The van der Waals surface area contributed by atoms with Gasteiger partial charge >= 0.3 is 0 Å². The maximum absolute atomic E-state index is 5.96. The van der Waals surface area contributed by atoms with Crippen LogP contribution in [0.25, 0.3) is 0 Å². The molecule has 0 saturated carbocycles. The van der Waals surface area contributed by atoms with Gasteiger partial charge in [-0.3, -0.25) is 4.90 Å². The minimum atomic E-state index is 0.0754. The summed E-state index contributed by atoms with van der Waals surface area (Å²) in [6, 6.07) is 7.80. The minimum Gasteiger partial charge on any atom is -0.486 e. The van der Waals surface area contributed by atoms with E-state index >= 15 is 0 Å². The highest BCUT2D eigenvalue weighted by Crippen LogP contribution is 2.31. The van der Waals surface area contributed by atoms with Crippen LogP contribution in [-0.2, 0) is 4.74 Å². The molecule has 1 fully saturated rings. The molecule has 1 aromatic rings. The van der Waals surface area contributed by atoms with Crippen molar-refractivity contribution in [3.05, 3.63) is 24.3 Å². The monoisotopic (exact) mass is 264 g/mol. The molecule has 0 aromatic heterocycles. The molecular formula is C14H20N2O3. The SMILES string of the molecule is NCC1CN(CC2COc3ccccc3O2)CCO1. The molecule has 1 saturated heterocycles. The van der Waals surface area contributed by atoms with Gasteiger partial charge in [0.2, 0.25) is 0 Å². The van der Waals surface area contributed by atoms with E-state index in [-0.39, 0.29) is 12.2 Å². The first kappa shape index (κ1) is 12.7. The summed E-state index contributed by atoms with van der Waals surface area (Å²) in [5, 5.41) is 0. The van der Waals surface area contributed by atoms with Crippen LogP contribution in [0, 0.1) is 0 Å². The molecule has 2 aliphatic rings. The third-order valence-corrected chi connectivity index (χ3v) is 3.52. The Morgan fingerprint density at radius 1 is 1.21 bits per heavy atom. The van der Waals surface area contributed by atoms with E-state index in [9.17, 15) is 0 Å². The molecule has 0 aliphatic carbocycles. The maximum atomic E-state index is 5.96. The molecule has 2 heterocycles. The van der Waals surface area contributed by atoms with E-state index in [0.717, 1.165) is 37.7 Å². The highest BCUT2D eigenvalue weighted by Gasteiger charge is 2.26. The van der Waals surface area contributed by atoms with Gasteiger partial charge in [-0.1, -0.05) is 12.1 Å². The highest BCUT2D eigenvalue weighted by atomic mass is 16.6. The first-order valence-corrected chi connectivity index (χ1v) is 6.77. The Balaban J connectivity index is 1.57. The van der Waals surface area contributed by atoms with Gasteiger partial charge in [0.15, 0.2) is 11.5 Å². The summed E-state index contributed by atoms with van der Waals surface area (Å²) < 4.78 is 17.3. The fourth-order valence-corrected chi connectivity index (χ4v) is 2.53. The van der Waals surface area contributed by atoms with Crippen molar-refractivity contribution >= 4 is 0 Å². The number of para-hydroxylation sites is 2. The van der Waals surface area contributed by atoms with Gasteiger partial charge in [-0.15, -0.1) is 0 Å². The van der Waals surface area contributed by atoms with Crippen molar-refractivity contribution < 1.29 is 14.2 Å². The summed E-state index contributed by atoms with van der Waals surface area (Å²) in [6.45, 7) is 4.57. The van der Waals surface area contributed by atoms with Gasteiger partial charge in [0, 0.05) is 26.2 Å². The summed E-state index contributed by atoms with van der Waals surface area (Å²) in [6.07, 6.45) is 0.219. The van der Waals surface area contributed by atoms with Crippen molar-refractivity contribution in [3.63, 3.8) is 0 Å². The van der Waals surface area contributed by atoms with E-state index in [1.807, 2.05) is 24.3 Å². The Labute approximate surface area is 113 Å². The molecule has 0 radical (unpaired) electrons. The predicted molar refractivity (Wildman–Crippen MR) is 71.6 cm³/mol. The van der Waals surface area contributed by atoms with E-state index < -0.39 is 0 Å². The molecule has 2 atom stereocenters. The molecule has 5 heteroatoms. The van der Waals surface area contributed by atoms with E-state index in [1.165, 1.54) is 0 Å². The van der Waals surface area contributed by atoms with Crippen molar-refractivity contribution in [3.8, 4) is 11.5 Å². The Kier molecular flexibility index (Phi) is 3.87. The van der Waals surface area contributed by atoms with Crippen LogP contribution in [0.5, 0.6) is 11.5 Å². The van der Waals surface area contributed by atoms with Gasteiger partial charge in [0.05, 0.1) is 12.7 Å². The van der Waals surface area contributed by atoms with Crippen LogP contribution in [-0.4, -0.2) is 56.5 Å². The summed E-state index contributed by atoms with van der Waals surface area (Å²) in [5.41, 5.74) is 5.65. The molecular weight excluding hydrogens is 244 g/mol. The van der Waals surface area contributed by atoms with Crippen LogP contribution in [0.3, 0.4) is 0 Å². The van der Waals surface area contributed by atoms with Gasteiger partial charge in [-0.2, -0.15) is 0 Å². The average Bonchev–Trinajstić information content (AvgIpc) is 2.47. The lowest BCUT2D eigenvalue weighted by Gasteiger charge is -2.35. The smallest absolute Gasteiger partial charge is 0.161 e. The van der Waals surface area contributed by atoms with E-state index in [0.29, 0.717) is 13.2 Å². The van der Waals surface area contributed by atoms with Crippen LogP contribution in [0.15, 0.2) is 24.3 Å². The Hall–Kier alpha value is -1.30. The molecule has 0 spiro atoms. The molecule has 3 rings (SSSR count). The molecule has 5 nitrogen and oxygen atoms in total. The van der Waals surface area contributed by atoms with Crippen molar-refractivity contribution in [2.75, 3.05) is 39.4 Å². The molecule has 2 aliphatic heterocycles. The lowest BCUT2D eigenvalue weighted by Crippen LogP contribution is -2.50. The van der Waals surface area contributed by atoms with E-state index in [4.69, 9.17) is 19.9 Å². The number of morpholine rings is 1. The minimum absolute atomic E-state index is 0.0754. The summed E-state index contributed by atoms with van der Waals surface area (Å²) >= 11 is 0. The van der Waals surface area contributed by atoms with Crippen LogP contribution in [0.4, 0.5) is 0 Å². The molecule has 104 valence electrons. The van der Waals surface area contributed by atoms with Crippen molar-refractivity contribution in [2.24, 2.45) is 5.73 Å². The Bertz CT molecular complexity index is 427. The molecule has 2 N–H and O–H groups in total. The van der Waals surface area contributed by atoms with Crippen molar-refractivity contribution in [1.82, 2.24) is 4.90 Å². The highest BCUT2D eigenvalue weighted by molar-refractivity contribution is 5.40. The zero-order valence-corrected chi connectivity index (χ0v) is 11.0. The number of ether oxygens (including phenoxy) is 3. The molecule has 0 bridgehead atoms. The van der Waals surface area contributed by atoms with Gasteiger partial charge in [0.25, 0.3) is 0 Å². The second-order valence-corrected chi connectivity index (χ2v) is 4.99. The first-order chi connectivity index (χ1) is 9.35. The average molecular weight is 264 g/mol. The second kappa shape index (κ2) is 5.77. The second-order valence-electron chi connectivity index (χ2n) is 4.99. The number of nitrogens with two attached hydrogens (primary N) is 1. The number of nitrogens with zero attached hydrogens (tertiary/aromatic N) is 1. The quantitative estimate of drug-likeness (QED) is 0.861. The normalized spacial score (nSPS) is 27.2. The summed E-state index contributed by atoms with van der Waals surface area (Å²) in [4.78, 5) is 2.34. The molecule has 0 amide bonds. The van der Waals surface area contributed by atoms with Crippen LogP contribution < -0.4 is 15.2 Å². The zero-order valence-electron chi connectivity index (χ0n) is 11.0. The molecule has 2 unspecified atom stereocenters. The Morgan fingerprint density at radius 3 is 2.89 bits per heavy atom. The van der Waals surface area contributed by atoms with Crippen molar-refractivity contribution in [1.29, 1.82) is 0 Å². The van der Waals surface area contributed by atoms with Crippen LogP contribution in [0.2, 0.25) is 0 Å². The van der Waals surface area contributed by atoms with E-state index in [2.05, 4.69) is 4.90 Å². The number of hydrogen-bond donors (Lipinski definition) is 1. The van der Waals surface area contributed by atoms with Gasteiger partial charge in [-0.25, -0.2) is 0 Å². The standard InChI is InChI=1S/C14H20N2O3/c15-7-11-8-16(5-6-17-11)9-12-10-18-13-3-1-2-4-14(13)19-12/h1-4,11-12H,5-10,15H2. The zero-order chi connectivity index (χ0) is 13.1. The van der Waals surface area contributed by atoms with E-state index in [1.54, 1.807) is 0 Å². The molecule has 19 heavy (non-hydrogen) atoms. The maximum Gasteiger partial charge on any atom is 0.161 e. The van der Waals surface area contributed by atoms with Gasteiger partial charge in [-0.05, 0) is 12.1 Å². The fraction of sp³-hybridized carbons (Fsp3) is 0.571. The number of rotatable bonds is 3. The fourth-order valence-electron chi connectivity index (χ4n) is 2.53. The third kappa shape index (κ3) is 3.00. The molecule has 1 aromatic carbocycles. The predicted octanol–water partition coefficient (Wildman–Crippen LogP) is 0.486. The summed E-state index contributed by atoms with van der Waals surface area (Å²) in [5.74, 6) is 1.67. The number of hydrogen-bond acceptors (Lipinski definition) is 5. The third-order valence-electron chi connectivity index (χ3n) is 3.52. The number of fused-ring (bicyclic) bond motifs is 1. The van der Waals surface area contributed by atoms with Crippen molar-refractivity contribution in [2.45, 2.75) is 12.2 Å². The lowest BCUT2D eigenvalue weighted by atomic mass is 10.2. The van der Waals surface area contributed by atoms with Crippen LogP contribution in [0.1, 0.15) is 0 Å². The first-order valence-electron chi connectivity index (χ1n) is 6.77. The van der Waals surface area contributed by atoms with Crippen LogP contribution >= 0.6 is 0 Å². The number of benzene rings is 1. The summed E-state index contributed by atoms with van der Waals surface area (Å²) in [7, 11) is 0. The van der Waals surface area contributed by atoms with Gasteiger partial charge < -0.3 is 19.9 Å². The van der Waals surface area contributed by atoms with Gasteiger partial charge in [0.1, 0.15) is 12.7 Å². The Morgan fingerprint density at radius 2 is 2.05 bits per heavy atom. The topological polar surface area (TPSA) is 57.0 Å². The largest absolute Gasteiger partial charge is 0.486 e.